The summed E-state index contributed by atoms with van der Waals surface area (Å²) in [4.78, 5) is 38.1. The molecule has 6 heteroatoms. The number of carbonyl (C=O) groups excluding carboxylic acids is 3. The van der Waals surface area contributed by atoms with Crippen LogP contribution in [-0.2, 0) is 28.6 Å². The number of esters is 3. The lowest BCUT2D eigenvalue weighted by atomic mass is 10.0. The van der Waals surface area contributed by atoms with Gasteiger partial charge in [-0.2, -0.15) is 0 Å². The summed E-state index contributed by atoms with van der Waals surface area (Å²) in [5.41, 5.74) is 0. The molecule has 0 radical (unpaired) electrons. The van der Waals surface area contributed by atoms with Gasteiger partial charge >= 0.3 is 17.9 Å². The van der Waals surface area contributed by atoms with Crippen molar-refractivity contribution in [2.24, 2.45) is 0 Å². The van der Waals surface area contributed by atoms with Crippen molar-refractivity contribution >= 4 is 17.9 Å². The first kappa shape index (κ1) is 61.4. The summed E-state index contributed by atoms with van der Waals surface area (Å²) in [5.74, 6) is -0.887. The minimum Gasteiger partial charge on any atom is -0.462 e. The molecule has 0 fully saturated rings. The van der Waals surface area contributed by atoms with Crippen LogP contribution in [0, 0.1) is 0 Å². The van der Waals surface area contributed by atoms with Crippen molar-refractivity contribution in [2.75, 3.05) is 13.2 Å². The van der Waals surface area contributed by atoms with Crippen LogP contribution in [0.3, 0.4) is 0 Å². The Bertz CT molecular complexity index is 1120. The minimum absolute atomic E-state index is 0.0781. The van der Waals surface area contributed by atoms with E-state index >= 15 is 0 Å². The van der Waals surface area contributed by atoms with E-state index in [4.69, 9.17) is 14.2 Å². The topological polar surface area (TPSA) is 78.9 Å². The van der Waals surface area contributed by atoms with Gasteiger partial charge in [0.15, 0.2) is 6.10 Å². The van der Waals surface area contributed by atoms with Crippen LogP contribution in [0.25, 0.3) is 0 Å². The predicted octanol–water partition coefficient (Wildman–Crippen LogP) is 18.3. The average molecular weight is 897 g/mol. The molecule has 1 unspecified atom stereocenters. The lowest BCUT2D eigenvalue weighted by Gasteiger charge is -2.18. The zero-order chi connectivity index (χ0) is 46.5. The van der Waals surface area contributed by atoms with Gasteiger partial charge in [0, 0.05) is 19.3 Å². The van der Waals surface area contributed by atoms with Crippen LogP contribution < -0.4 is 0 Å². The van der Waals surface area contributed by atoms with Gasteiger partial charge in [-0.15, -0.1) is 0 Å². The fourth-order valence-electron chi connectivity index (χ4n) is 7.97. The predicted molar refractivity (Wildman–Crippen MR) is 275 cm³/mol. The highest BCUT2D eigenvalue weighted by atomic mass is 16.6. The second kappa shape index (κ2) is 53.0. The Balaban J connectivity index is 4.36. The third-order valence-corrected chi connectivity index (χ3v) is 12.1. The maximum atomic E-state index is 12.8. The van der Waals surface area contributed by atoms with Gasteiger partial charge in [0.05, 0.1) is 0 Å². The van der Waals surface area contributed by atoms with Crippen LogP contribution in [0.15, 0.2) is 48.6 Å². The SMILES string of the molecule is CC\C=C/C=C\C=C/CCCCCCCCCC(=O)OC(COC(=O)CCCCCCC/C=C\CCCCCCCCCCC)COC(=O)CCCCCCCCCCCCCCC. The van der Waals surface area contributed by atoms with Gasteiger partial charge in [0.25, 0.3) is 0 Å². The molecule has 0 N–H and O–H groups in total. The van der Waals surface area contributed by atoms with Gasteiger partial charge in [-0.05, 0) is 64.2 Å². The number of hydrogen-bond donors (Lipinski definition) is 0. The first-order valence-electron chi connectivity index (χ1n) is 27.7. The van der Waals surface area contributed by atoms with Crippen molar-refractivity contribution in [3.63, 3.8) is 0 Å². The summed E-state index contributed by atoms with van der Waals surface area (Å²) in [5, 5.41) is 0. The van der Waals surface area contributed by atoms with Gasteiger partial charge in [-0.25, -0.2) is 0 Å². The third kappa shape index (κ3) is 50.4. The van der Waals surface area contributed by atoms with E-state index in [1.54, 1.807) is 0 Å². The van der Waals surface area contributed by atoms with E-state index in [0.29, 0.717) is 19.3 Å². The molecular formula is C58H104O6. The second-order valence-electron chi connectivity index (χ2n) is 18.5. The van der Waals surface area contributed by atoms with Crippen molar-refractivity contribution < 1.29 is 28.6 Å². The smallest absolute Gasteiger partial charge is 0.306 e. The van der Waals surface area contributed by atoms with Crippen molar-refractivity contribution in [1.82, 2.24) is 0 Å². The third-order valence-electron chi connectivity index (χ3n) is 12.1. The molecule has 0 spiro atoms. The highest BCUT2D eigenvalue weighted by Gasteiger charge is 2.19. The summed E-state index contributed by atoms with van der Waals surface area (Å²) in [6.45, 7) is 6.52. The summed E-state index contributed by atoms with van der Waals surface area (Å²) in [7, 11) is 0. The van der Waals surface area contributed by atoms with Crippen LogP contribution >= 0.6 is 0 Å². The maximum Gasteiger partial charge on any atom is 0.306 e. The number of rotatable bonds is 50. The van der Waals surface area contributed by atoms with Gasteiger partial charge in [0.1, 0.15) is 13.2 Å². The first-order valence-corrected chi connectivity index (χ1v) is 27.7. The molecule has 0 heterocycles. The van der Waals surface area contributed by atoms with Gasteiger partial charge < -0.3 is 14.2 Å². The zero-order valence-corrected chi connectivity index (χ0v) is 42.6. The molecule has 0 saturated carbocycles. The molecule has 6 nitrogen and oxygen atoms in total. The van der Waals surface area contributed by atoms with E-state index in [-0.39, 0.29) is 31.1 Å². The maximum absolute atomic E-state index is 12.8. The Morgan fingerprint density at radius 3 is 0.984 bits per heavy atom. The molecule has 1 atom stereocenters. The molecule has 0 aliphatic rings. The Hall–Kier alpha value is -2.63. The van der Waals surface area contributed by atoms with E-state index in [1.165, 1.54) is 167 Å². The number of unbranched alkanes of at least 4 members (excludes halogenated alkanes) is 33. The average Bonchev–Trinajstić information content (AvgIpc) is 3.29. The lowest BCUT2D eigenvalue weighted by Crippen LogP contribution is -2.30. The van der Waals surface area contributed by atoms with Crippen molar-refractivity contribution in [3.8, 4) is 0 Å². The quantitative estimate of drug-likeness (QED) is 0.0199. The monoisotopic (exact) mass is 897 g/mol. The highest BCUT2D eigenvalue weighted by Crippen LogP contribution is 2.16. The molecule has 0 amide bonds. The molecule has 372 valence electrons. The number of carbonyl (C=O) groups is 3. The fourth-order valence-corrected chi connectivity index (χ4v) is 7.97. The Morgan fingerprint density at radius 2 is 0.625 bits per heavy atom. The van der Waals surface area contributed by atoms with Gasteiger partial charge in [0.2, 0.25) is 0 Å². The summed E-state index contributed by atoms with van der Waals surface area (Å²) >= 11 is 0. The van der Waals surface area contributed by atoms with Crippen molar-refractivity contribution in [1.29, 1.82) is 0 Å². The molecule has 0 aromatic carbocycles. The van der Waals surface area contributed by atoms with Crippen LogP contribution in [0.2, 0.25) is 0 Å². The highest BCUT2D eigenvalue weighted by molar-refractivity contribution is 5.71. The molecule has 64 heavy (non-hydrogen) atoms. The molecule has 0 saturated heterocycles. The van der Waals surface area contributed by atoms with Crippen molar-refractivity contribution in [2.45, 2.75) is 290 Å². The summed E-state index contributed by atoms with van der Waals surface area (Å²) < 4.78 is 16.8. The standard InChI is InChI=1S/C58H104O6/c1-4-7-10-13-16-19-22-25-27-28-29-31-33-36-39-42-45-48-51-57(60)63-54-55(53-62-56(59)50-47-44-41-38-35-32-24-21-18-15-12-9-6-3)64-58(61)52-49-46-43-40-37-34-30-26-23-20-17-14-11-8-5-2/h8,11,14,17,20,23,29,31,55H,4-7,9-10,12-13,15-16,18-19,21-22,24-28,30,32-54H2,1-3H3/b11-8-,17-14-,23-20-,31-29-. The fraction of sp³-hybridized carbons (Fsp3) is 0.810. The van der Waals surface area contributed by atoms with Crippen LogP contribution in [-0.4, -0.2) is 37.2 Å². The Morgan fingerprint density at radius 1 is 0.328 bits per heavy atom. The molecule has 0 aliphatic heterocycles. The molecular weight excluding hydrogens is 793 g/mol. The minimum atomic E-state index is -0.780. The first-order chi connectivity index (χ1) is 31.5. The number of allylic oxidation sites excluding steroid dienone is 8. The van der Waals surface area contributed by atoms with Gasteiger partial charge in [-0.1, -0.05) is 249 Å². The molecule has 0 aromatic heterocycles. The van der Waals surface area contributed by atoms with Gasteiger partial charge in [-0.3, -0.25) is 14.4 Å². The normalized spacial score (nSPS) is 12.4. The number of ether oxygens (including phenoxy) is 3. The Kier molecular flexibility index (Phi) is 50.8. The Labute approximate surface area is 397 Å². The molecule has 0 aliphatic carbocycles. The van der Waals surface area contributed by atoms with Crippen LogP contribution in [0.5, 0.6) is 0 Å². The molecule has 0 aromatic rings. The van der Waals surface area contributed by atoms with E-state index < -0.39 is 6.10 Å². The second-order valence-corrected chi connectivity index (χ2v) is 18.5. The van der Waals surface area contributed by atoms with E-state index in [2.05, 4.69) is 69.4 Å². The van der Waals surface area contributed by atoms with E-state index in [0.717, 1.165) is 77.0 Å². The lowest BCUT2D eigenvalue weighted by molar-refractivity contribution is -0.167. The van der Waals surface area contributed by atoms with Crippen LogP contribution in [0.1, 0.15) is 284 Å². The van der Waals surface area contributed by atoms with Crippen molar-refractivity contribution in [3.05, 3.63) is 48.6 Å². The van der Waals surface area contributed by atoms with E-state index in [9.17, 15) is 14.4 Å². The molecule has 0 bridgehead atoms. The van der Waals surface area contributed by atoms with Crippen LogP contribution in [0.4, 0.5) is 0 Å². The largest absolute Gasteiger partial charge is 0.462 e. The number of hydrogen-bond acceptors (Lipinski definition) is 6. The zero-order valence-electron chi connectivity index (χ0n) is 42.6. The summed E-state index contributed by atoms with van der Waals surface area (Å²) in [6, 6.07) is 0. The molecule has 0 rings (SSSR count). The summed E-state index contributed by atoms with van der Waals surface area (Å²) in [6.07, 6.45) is 63.8. The van der Waals surface area contributed by atoms with E-state index in [1.807, 2.05) is 0 Å².